The summed E-state index contributed by atoms with van der Waals surface area (Å²) in [6, 6.07) is 11.2. The SMILES string of the molecule is CC(N)(CCc1cccc2c1cnn2-c1ccc(F)cc1)OC(=O)C(F)(F)F. The Morgan fingerprint density at radius 1 is 1.18 bits per heavy atom. The lowest BCUT2D eigenvalue weighted by atomic mass is 10.0. The Bertz CT molecular complexity index is 995. The van der Waals surface area contributed by atoms with Gasteiger partial charge in [0.2, 0.25) is 0 Å². The number of fused-ring (bicyclic) bond motifs is 1. The van der Waals surface area contributed by atoms with E-state index in [1.165, 1.54) is 19.1 Å². The highest BCUT2D eigenvalue weighted by molar-refractivity contribution is 5.83. The number of ether oxygens (including phenoxy) is 1. The van der Waals surface area contributed by atoms with Crippen LogP contribution in [0.2, 0.25) is 0 Å². The molecule has 0 radical (unpaired) electrons. The smallest absolute Gasteiger partial charge is 0.438 e. The summed E-state index contributed by atoms with van der Waals surface area (Å²) in [5, 5.41) is 5.08. The fraction of sp³-hybridized carbons (Fsp3) is 0.263. The first kappa shape index (κ1) is 19.8. The molecule has 0 aliphatic rings. The number of nitrogens with two attached hydrogens (primary N) is 1. The summed E-state index contributed by atoms with van der Waals surface area (Å²) in [6.07, 6.45) is -3.24. The maximum Gasteiger partial charge on any atom is 0.490 e. The second-order valence-corrected chi connectivity index (χ2v) is 6.58. The number of benzene rings is 2. The first-order valence-corrected chi connectivity index (χ1v) is 8.37. The van der Waals surface area contributed by atoms with Gasteiger partial charge in [0.15, 0.2) is 5.72 Å². The van der Waals surface area contributed by atoms with Crippen molar-refractivity contribution in [3.63, 3.8) is 0 Å². The van der Waals surface area contributed by atoms with Crippen LogP contribution in [0.3, 0.4) is 0 Å². The Labute approximate surface area is 157 Å². The van der Waals surface area contributed by atoms with E-state index in [0.717, 1.165) is 16.5 Å². The highest BCUT2D eigenvalue weighted by Crippen LogP contribution is 2.26. The van der Waals surface area contributed by atoms with Crippen molar-refractivity contribution in [1.29, 1.82) is 0 Å². The number of nitrogens with zero attached hydrogens (tertiary/aromatic N) is 2. The van der Waals surface area contributed by atoms with Gasteiger partial charge in [0, 0.05) is 11.8 Å². The standard InChI is InChI=1S/C19H17F4N3O2/c1-18(24,28-17(27)19(21,22)23)10-9-12-3-2-4-16-15(12)11-25-26(16)14-7-5-13(20)6-8-14/h2-8,11H,9-10,24H2,1H3. The molecule has 1 heterocycles. The minimum absolute atomic E-state index is 0.0182. The maximum atomic E-state index is 13.1. The molecule has 0 bridgehead atoms. The Morgan fingerprint density at radius 3 is 2.50 bits per heavy atom. The van der Waals surface area contributed by atoms with Crippen molar-refractivity contribution in [3.8, 4) is 5.69 Å². The molecule has 1 unspecified atom stereocenters. The molecule has 3 rings (SSSR count). The zero-order valence-corrected chi connectivity index (χ0v) is 14.8. The van der Waals surface area contributed by atoms with E-state index in [1.54, 1.807) is 35.1 Å². The van der Waals surface area contributed by atoms with Crippen LogP contribution in [-0.4, -0.2) is 27.7 Å². The molecular formula is C19H17F4N3O2. The summed E-state index contributed by atoms with van der Waals surface area (Å²) in [5.74, 6) is -2.68. The van der Waals surface area contributed by atoms with Gasteiger partial charge in [-0.3, -0.25) is 5.73 Å². The van der Waals surface area contributed by atoms with Crippen molar-refractivity contribution in [2.24, 2.45) is 5.73 Å². The summed E-state index contributed by atoms with van der Waals surface area (Å²) < 4.78 is 56.3. The number of hydrogen-bond donors (Lipinski definition) is 1. The van der Waals surface area contributed by atoms with Crippen LogP contribution in [0.25, 0.3) is 16.6 Å². The van der Waals surface area contributed by atoms with E-state index in [1.807, 2.05) is 6.07 Å². The van der Waals surface area contributed by atoms with Crippen LogP contribution < -0.4 is 5.73 Å². The number of rotatable bonds is 5. The van der Waals surface area contributed by atoms with Crippen LogP contribution in [0.4, 0.5) is 17.6 Å². The van der Waals surface area contributed by atoms with Gasteiger partial charge in [-0.05, 0) is 49.2 Å². The van der Waals surface area contributed by atoms with Gasteiger partial charge < -0.3 is 4.74 Å². The minimum atomic E-state index is -5.10. The van der Waals surface area contributed by atoms with Gasteiger partial charge in [-0.1, -0.05) is 12.1 Å². The van der Waals surface area contributed by atoms with Gasteiger partial charge in [0.1, 0.15) is 5.82 Å². The molecule has 0 fully saturated rings. The van der Waals surface area contributed by atoms with E-state index in [4.69, 9.17) is 5.73 Å². The predicted molar refractivity (Wildman–Crippen MR) is 94.1 cm³/mol. The number of carbonyl (C=O) groups is 1. The third-order valence-corrected chi connectivity index (χ3v) is 4.22. The van der Waals surface area contributed by atoms with E-state index >= 15 is 0 Å². The number of esters is 1. The van der Waals surface area contributed by atoms with Crippen LogP contribution in [0.15, 0.2) is 48.7 Å². The molecule has 5 nitrogen and oxygen atoms in total. The minimum Gasteiger partial charge on any atom is -0.438 e. The Morgan fingerprint density at radius 2 is 1.86 bits per heavy atom. The van der Waals surface area contributed by atoms with Crippen LogP contribution in [0.5, 0.6) is 0 Å². The zero-order chi connectivity index (χ0) is 20.5. The lowest BCUT2D eigenvalue weighted by molar-refractivity contribution is -0.212. The molecule has 2 aromatic carbocycles. The number of aromatic nitrogens is 2. The van der Waals surface area contributed by atoms with Crippen molar-refractivity contribution in [3.05, 3.63) is 60.0 Å². The number of halogens is 4. The van der Waals surface area contributed by atoms with Crippen molar-refractivity contribution in [1.82, 2.24) is 9.78 Å². The first-order chi connectivity index (χ1) is 13.1. The average molecular weight is 395 g/mol. The first-order valence-electron chi connectivity index (χ1n) is 8.37. The van der Waals surface area contributed by atoms with E-state index < -0.39 is 17.9 Å². The van der Waals surface area contributed by atoms with Gasteiger partial charge in [-0.2, -0.15) is 18.3 Å². The predicted octanol–water partition coefficient (Wildman–Crippen LogP) is 3.88. The lowest BCUT2D eigenvalue weighted by Gasteiger charge is -2.25. The monoisotopic (exact) mass is 395 g/mol. The van der Waals surface area contributed by atoms with Crippen LogP contribution in [-0.2, 0) is 16.0 Å². The number of aryl methyl sites for hydroxylation is 1. The number of alkyl halides is 3. The molecule has 0 amide bonds. The van der Waals surface area contributed by atoms with Crippen LogP contribution >= 0.6 is 0 Å². The molecule has 1 atom stereocenters. The highest BCUT2D eigenvalue weighted by Gasteiger charge is 2.44. The Balaban J connectivity index is 1.81. The highest BCUT2D eigenvalue weighted by atomic mass is 19.4. The topological polar surface area (TPSA) is 70.1 Å². The number of hydrogen-bond acceptors (Lipinski definition) is 4. The molecule has 28 heavy (non-hydrogen) atoms. The zero-order valence-electron chi connectivity index (χ0n) is 14.8. The van der Waals surface area contributed by atoms with E-state index in [0.29, 0.717) is 5.69 Å². The molecule has 0 saturated heterocycles. The van der Waals surface area contributed by atoms with Crippen LogP contribution in [0.1, 0.15) is 18.9 Å². The molecule has 9 heteroatoms. The van der Waals surface area contributed by atoms with E-state index in [2.05, 4.69) is 9.84 Å². The molecule has 148 valence electrons. The summed E-state index contributed by atoms with van der Waals surface area (Å²) in [4.78, 5) is 11.0. The molecule has 1 aromatic heterocycles. The van der Waals surface area contributed by atoms with Crippen molar-refractivity contribution in [2.75, 3.05) is 0 Å². The van der Waals surface area contributed by atoms with Crippen molar-refractivity contribution >= 4 is 16.9 Å². The molecule has 0 saturated carbocycles. The normalized spacial score (nSPS) is 14.1. The average Bonchev–Trinajstić information content (AvgIpc) is 3.04. The fourth-order valence-electron chi connectivity index (χ4n) is 2.82. The second kappa shape index (κ2) is 7.23. The summed E-state index contributed by atoms with van der Waals surface area (Å²) >= 11 is 0. The summed E-state index contributed by atoms with van der Waals surface area (Å²) in [7, 11) is 0. The maximum absolute atomic E-state index is 13.1. The van der Waals surface area contributed by atoms with Gasteiger partial charge >= 0.3 is 12.1 Å². The third kappa shape index (κ3) is 4.30. The molecule has 0 aliphatic carbocycles. The molecular weight excluding hydrogens is 378 g/mol. The molecule has 2 N–H and O–H groups in total. The van der Waals surface area contributed by atoms with Crippen molar-refractivity contribution < 1.29 is 27.1 Å². The van der Waals surface area contributed by atoms with Crippen molar-refractivity contribution in [2.45, 2.75) is 31.7 Å². The molecule has 3 aromatic rings. The Hall–Kier alpha value is -2.94. The summed E-state index contributed by atoms with van der Waals surface area (Å²) in [6.45, 7) is 1.22. The number of carbonyl (C=O) groups excluding carboxylic acids is 1. The lowest BCUT2D eigenvalue weighted by Crippen LogP contribution is -2.45. The fourth-order valence-corrected chi connectivity index (χ4v) is 2.82. The third-order valence-electron chi connectivity index (χ3n) is 4.22. The van der Waals surface area contributed by atoms with E-state index in [9.17, 15) is 22.4 Å². The van der Waals surface area contributed by atoms with E-state index in [-0.39, 0.29) is 18.7 Å². The molecule has 0 aliphatic heterocycles. The second-order valence-electron chi connectivity index (χ2n) is 6.58. The van der Waals surface area contributed by atoms with Gasteiger partial charge in [-0.15, -0.1) is 0 Å². The van der Waals surface area contributed by atoms with Gasteiger partial charge in [0.05, 0.1) is 17.4 Å². The largest absolute Gasteiger partial charge is 0.490 e. The Kier molecular flexibility index (Phi) is 5.12. The van der Waals surface area contributed by atoms with Gasteiger partial charge in [0.25, 0.3) is 0 Å². The van der Waals surface area contributed by atoms with Gasteiger partial charge in [-0.25, -0.2) is 13.9 Å². The summed E-state index contributed by atoms with van der Waals surface area (Å²) in [5.41, 5.74) is 6.13. The van der Waals surface area contributed by atoms with Crippen LogP contribution in [0, 0.1) is 5.82 Å². The molecule has 0 spiro atoms. The quantitative estimate of drug-likeness (QED) is 0.404.